The van der Waals surface area contributed by atoms with Crippen LogP contribution in [0.5, 0.6) is 0 Å². The largest absolute Gasteiger partial charge is 0.393 e. The Hall–Kier alpha value is -1.80. The number of anilines is 1. The van der Waals surface area contributed by atoms with E-state index in [-0.39, 0.29) is 19.5 Å². The van der Waals surface area contributed by atoms with Gasteiger partial charge in [-0.05, 0) is 25.0 Å². The number of amides is 2. The van der Waals surface area contributed by atoms with Crippen LogP contribution in [0.1, 0.15) is 25.7 Å². The van der Waals surface area contributed by atoms with Crippen molar-refractivity contribution in [2.45, 2.75) is 37.9 Å². The number of benzene rings is 1. The van der Waals surface area contributed by atoms with E-state index in [9.17, 15) is 22.8 Å². The Morgan fingerprint density at radius 2 is 1.89 bits per heavy atom. The zero-order valence-electron chi connectivity index (χ0n) is 15.0. The summed E-state index contributed by atoms with van der Waals surface area (Å²) in [5.74, 6) is -2.33. The number of hydrogen-bond acceptors (Lipinski definition) is 3. The van der Waals surface area contributed by atoms with Crippen LogP contribution >= 0.6 is 11.6 Å². The fraction of sp³-hybridized carbons (Fsp3) is 0.556. The lowest BCUT2D eigenvalue weighted by atomic mass is 9.84. The minimum atomic E-state index is -4.28. The molecule has 2 rings (SSSR count). The highest BCUT2D eigenvalue weighted by molar-refractivity contribution is 6.33. The molecule has 27 heavy (non-hydrogen) atoms. The van der Waals surface area contributed by atoms with E-state index in [2.05, 4.69) is 10.6 Å². The first-order valence-corrected chi connectivity index (χ1v) is 9.14. The summed E-state index contributed by atoms with van der Waals surface area (Å²) in [6, 6.07) is 5.91. The third-order valence-electron chi connectivity index (χ3n) is 4.66. The first-order chi connectivity index (χ1) is 12.7. The second-order valence-corrected chi connectivity index (χ2v) is 7.10. The number of alkyl halides is 3. The SMILES string of the molecule is CN(CC(=O)Nc1ccccc1Cl)C(=O)CN[C@H]1CCCC[C@@H]1C(F)(F)F. The van der Waals surface area contributed by atoms with E-state index in [1.165, 1.54) is 11.9 Å². The Morgan fingerprint density at radius 3 is 2.56 bits per heavy atom. The van der Waals surface area contributed by atoms with Crippen LogP contribution in [0.3, 0.4) is 0 Å². The van der Waals surface area contributed by atoms with Crippen molar-refractivity contribution in [3.63, 3.8) is 0 Å². The monoisotopic (exact) mass is 405 g/mol. The molecule has 0 spiro atoms. The molecular formula is C18H23ClF3N3O2. The van der Waals surface area contributed by atoms with Crippen molar-refractivity contribution in [3.8, 4) is 0 Å². The normalized spacial score (nSPS) is 20.2. The first kappa shape index (κ1) is 21.5. The predicted molar refractivity (Wildman–Crippen MR) is 97.5 cm³/mol. The molecule has 150 valence electrons. The van der Waals surface area contributed by atoms with Crippen LogP contribution < -0.4 is 10.6 Å². The summed E-state index contributed by atoms with van der Waals surface area (Å²) in [6.07, 6.45) is -2.57. The summed E-state index contributed by atoms with van der Waals surface area (Å²) in [4.78, 5) is 25.4. The van der Waals surface area contributed by atoms with Crippen LogP contribution in [0.2, 0.25) is 5.02 Å². The lowest BCUT2D eigenvalue weighted by Gasteiger charge is -2.33. The molecule has 0 aromatic heterocycles. The van der Waals surface area contributed by atoms with Gasteiger partial charge in [0, 0.05) is 13.1 Å². The van der Waals surface area contributed by atoms with Gasteiger partial charge in [-0.25, -0.2) is 0 Å². The van der Waals surface area contributed by atoms with Crippen LogP contribution in [0, 0.1) is 5.92 Å². The molecule has 1 aromatic rings. The van der Waals surface area contributed by atoms with E-state index in [0.29, 0.717) is 30.0 Å². The molecule has 0 unspecified atom stereocenters. The molecule has 0 radical (unpaired) electrons. The van der Waals surface area contributed by atoms with E-state index in [1.807, 2.05) is 0 Å². The Bertz CT molecular complexity index is 669. The van der Waals surface area contributed by atoms with Gasteiger partial charge in [0.05, 0.1) is 29.7 Å². The van der Waals surface area contributed by atoms with E-state index in [0.717, 1.165) is 0 Å². The van der Waals surface area contributed by atoms with Crippen LogP contribution in [-0.2, 0) is 9.59 Å². The van der Waals surface area contributed by atoms with Gasteiger partial charge in [0.25, 0.3) is 0 Å². The fourth-order valence-corrected chi connectivity index (χ4v) is 3.36. The standard InChI is InChI=1S/C18H23ClF3N3O2/c1-25(11-16(26)24-15-9-5-3-7-13(15)19)17(27)10-23-14-8-4-2-6-12(14)18(20,21)22/h3,5,7,9,12,14,23H,2,4,6,8,10-11H2,1H3,(H,24,26)/t12-,14-/m0/s1. The number of para-hydroxylation sites is 1. The van der Waals surface area contributed by atoms with Crippen molar-refractivity contribution in [2.24, 2.45) is 5.92 Å². The Labute approximate surface area is 161 Å². The molecule has 1 fully saturated rings. The summed E-state index contributed by atoms with van der Waals surface area (Å²) in [6.45, 7) is -0.466. The Morgan fingerprint density at radius 1 is 1.22 bits per heavy atom. The molecular weight excluding hydrogens is 383 g/mol. The number of nitrogens with zero attached hydrogens (tertiary/aromatic N) is 1. The molecule has 1 saturated carbocycles. The molecule has 1 aliphatic carbocycles. The maximum Gasteiger partial charge on any atom is 0.393 e. The van der Waals surface area contributed by atoms with Crippen molar-refractivity contribution in [1.82, 2.24) is 10.2 Å². The van der Waals surface area contributed by atoms with Crippen molar-refractivity contribution in [3.05, 3.63) is 29.3 Å². The highest BCUT2D eigenvalue weighted by Gasteiger charge is 2.45. The molecule has 2 amide bonds. The van der Waals surface area contributed by atoms with Gasteiger partial charge in [-0.15, -0.1) is 0 Å². The van der Waals surface area contributed by atoms with Crippen molar-refractivity contribution < 1.29 is 22.8 Å². The van der Waals surface area contributed by atoms with Gasteiger partial charge < -0.3 is 15.5 Å². The quantitative estimate of drug-likeness (QED) is 0.762. The summed E-state index contributed by atoms with van der Waals surface area (Å²) in [7, 11) is 1.43. The highest BCUT2D eigenvalue weighted by Crippen LogP contribution is 2.37. The molecule has 1 aliphatic rings. The van der Waals surface area contributed by atoms with Gasteiger partial charge in [0.2, 0.25) is 11.8 Å². The van der Waals surface area contributed by atoms with Crippen molar-refractivity contribution in [1.29, 1.82) is 0 Å². The number of nitrogens with one attached hydrogen (secondary N) is 2. The van der Waals surface area contributed by atoms with Gasteiger partial charge >= 0.3 is 6.18 Å². The Balaban J connectivity index is 1.82. The van der Waals surface area contributed by atoms with Crippen LogP contribution in [-0.4, -0.2) is 49.1 Å². The summed E-state index contributed by atoms with van der Waals surface area (Å²) >= 11 is 5.96. The number of carbonyl (C=O) groups is 2. The number of hydrogen-bond donors (Lipinski definition) is 2. The fourth-order valence-electron chi connectivity index (χ4n) is 3.18. The maximum absolute atomic E-state index is 13.1. The van der Waals surface area contributed by atoms with Crippen LogP contribution in [0.25, 0.3) is 0 Å². The van der Waals surface area contributed by atoms with Gasteiger partial charge in [-0.1, -0.05) is 36.6 Å². The van der Waals surface area contributed by atoms with Crippen molar-refractivity contribution in [2.75, 3.05) is 25.5 Å². The summed E-state index contributed by atoms with van der Waals surface area (Å²) in [5, 5.41) is 5.69. The van der Waals surface area contributed by atoms with E-state index >= 15 is 0 Å². The summed E-state index contributed by atoms with van der Waals surface area (Å²) in [5.41, 5.74) is 0.429. The highest BCUT2D eigenvalue weighted by atomic mass is 35.5. The van der Waals surface area contributed by atoms with Gasteiger partial charge in [-0.3, -0.25) is 9.59 Å². The second-order valence-electron chi connectivity index (χ2n) is 6.70. The molecule has 0 aliphatic heterocycles. The van der Waals surface area contributed by atoms with E-state index in [4.69, 9.17) is 11.6 Å². The third-order valence-corrected chi connectivity index (χ3v) is 4.99. The molecule has 0 saturated heterocycles. The van der Waals surface area contributed by atoms with Gasteiger partial charge in [-0.2, -0.15) is 13.2 Å². The molecule has 2 atom stereocenters. The lowest BCUT2D eigenvalue weighted by molar-refractivity contribution is -0.189. The van der Waals surface area contributed by atoms with Crippen LogP contribution in [0.4, 0.5) is 18.9 Å². The second kappa shape index (κ2) is 9.41. The number of carbonyl (C=O) groups excluding carboxylic acids is 2. The third kappa shape index (κ3) is 6.39. The smallest absolute Gasteiger partial charge is 0.335 e. The zero-order chi connectivity index (χ0) is 20.0. The summed E-state index contributed by atoms with van der Waals surface area (Å²) < 4.78 is 39.3. The van der Waals surface area contributed by atoms with Gasteiger partial charge in [0.1, 0.15) is 0 Å². The minimum absolute atomic E-state index is 0.0748. The molecule has 1 aromatic carbocycles. The molecule has 2 N–H and O–H groups in total. The minimum Gasteiger partial charge on any atom is -0.335 e. The number of likely N-dealkylation sites (N-methyl/N-ethyl adjacent to an activating group) is 1. The van der Waals surface area contributed by atoms with Gasteiger partial charge in [0.15, 0.2) is 0 Å². The molecule has 5 nitrogen and oxygen atoms in total. The first-order valence-electron chi connectivity index (χ1n) is 8.77. The number of rotatable bonds is 6. The van der Waals surface area contributed by atoms with E-state index in [1.54, 1.807) is 24.3 Å². The average Bonchev–Trinajstić information content (AvgIpc) is 2.61. The number of halogens is 4. The molecule has 0 heterocycles. The Kier molecular flexibility index (Phi) is 7.49. The maximum atomic E-state index is 13.1. The van der Waals surface area contributed by atoms with Crippen molar-refractivity contribution >= 4 is 29.1 Å². The molecule has 0 bridgehead atoms. The topological polar surface area (TPSA) is 61.4 Å². The molecule has 9 heteroatoms. The van der Waals surface area contributed by atoms with Crippen LogP contribution in [0.15, 0.2) is 24.3 Å². The average molecular weight is 406 g/mol. The predicted octanol–water partition coefficient (Wildman–Crippen LogP) is 3.45. The zero-order valence-corrected chi connectivity index (χ0v) is 15.7. The lowest BCUT2D eigenvalue weighted by Crippen LogP contribution is -2.49. The van der Waals surface area contributed by atoms with E-state index < -0.39 is 30.0 Å².